The second-order valence-corrected chi connectivity index (χ2v) is 4.82. The average molecular weight is 277 g/mol. The molecule has 1 rings (SSSR count). The molecule has 0 aliphatic carbocycles. The molecule has 1 nitrogen and oxygen atoms in total. The Morgan fingerprint density at radius 1 is 1.44 bits per heavy atom. The molecule has 1 unspecified atom stereocenters. The third-order valence-corrected chi connectivity index (χ3v) is 3.14. The quantitative estimate of drug-likeness (QED) is 0.726. The summed E-state index contributed by atoms with van der Waals surface area (Å²) < 4.78 is 37.4. The molecule has 1 aromatic rings. The highest BCUT2D eigenvalue weighted by Gasteiger charge is 2.28. The fourth-order valence-electron chi connectivity index (χ4n) is 1.58. The zero-order chi connectivity index (χ0) is 13.9. The molecule has 18 heavy (non-hydrogen) atoms. The Labute approximate surface area is 110 Å². The van der Waals surface area contributed by atoms with E-state index in [4.69, 9.17) is 11.6 Å². The van der Waals surface area contributed by atoms with Gasteiger partial charge in [0.1, 0.15) is 0 Å². The molecule has 0 aliphatic heterocycles. The van der Waals surface area contributed by atoms with Crippen LogP contribution in [0.15, 0.2) is 36.3 Å². The molecule has 0 spiro atoms. The van der Waals surface area contributed by atoms with Gasteiger partial charge in [-0.2, -0.15) is 0 Å². The summed E-state index contributed by atoms with van der Waals surface area (Å²) in [6, 6.07) is 6.96. The molecule has 0 saturated carbocycles. The van der Waals surface area contributed by atoms with E-state index in [1.807, 2.05) is 13.0 Å². The molecule has 0 N–H and O–H groups in total. The molecule has 0 radical (unpaired) electrons. The third kappa shape index (κ3) is 4.07. The highest BCUT2D eigenvalue weighted by molar-refractivity contribution is 6.66. The highest BCUT2D eigenvalue weighted by atomic mass is 35.5. The number of rotatable bonds is 5. The maximum atomic E-state index is 12.5. The van der Waals surface area contributed by atoms with Gasteiger partial charge in [0.25, 0.3) is 0 Å². The fraction of sp³-hybridized carbons (Fsp3) is 0.333. The highest BCUT2D eigenvalue weighted by Crippen LogP contribution is 2.25. The molecule has 1 atom stereocenters. The predicted molar refractivity (Wildman–Crippen MR) is 70.7 cm³/mol. The number of hydrogen-bond donors (Lipinski definition) is 0. The summed E-state index contributed by atoms with van der Waals surface area (Å²) >= 11 is 5.86. The van der Waals surface area contributed by atoms with Crippen LogP contribution in [0.1, 0.15) is 18.5 Å². The first-order valence-corrected chi connectivity index (χ1v) is 5.93. The number of likely N-dealkylation sites (N-methyl/N-ethyl adjacent to an activating group) is 1. The van der Waals surface area contributed by atoms with Crippen LogP contribution in [0.5, 0.6) is 0 Å². The van der Waals surface area contributed by atoms with Gasteiger partial charge in [0, 0.05) is 11.1 Å². The average Bonchev–Trinajstić information content (AvgIpc) is 2.26. The first-order valence-electron chi connectivity index (χ1n) is 5.55. The Hall–Kier alpha value is -0.935. The van der Waals surface area contributed by atoms with Gasteiger partial charge < -0.3 is 12.9 Å². The number of benzene rings is 1. The maximum Gasteiger partial charge on any atom is 0.506 e. The molecule has 0 amide bonds. The third-order valence-electron chi connectivity index (χ3n) is 2.91. The van der Waals surface area contributed by atoms with Gasteiger partial charge in [0.05, 0.1) is 0 Å². The maximum absolute atomic E-state index is 12.5. The van der Waals surface area contributed by atoms with Crippen LogP contribution in [0.2, 0.25) is 5.02 Å². The van der Waals surface area contributed by atoms with E-state index in [1.165, 1.54) is 0 Å². The van der Waals surface area contributed by atoms with Gasteiger partial charge >= 0.3 is 6.98 Å². The molecular weight excluding hydrogens is 261 g/mol. The van der Waals surface area contributed by atoms with Crippen molar-refractivity contribution in [2.45, 2.75) is 13.0 Å². The lowest BCUT2D eigenvalue weighted by Crippen LogP contribution is -2.31. The van der Waals surface area contributed by atoms with Crippen LogP contribution in [0.25, 0.3) is 0 Å². The summed E-state index contributed by atoms with van der Waals surface area (Å²) in [5.74, 6) is 0. The summed E-state index contributed by atoms with van der Waals surface area (Å²) in [4.78, 5) is 1.60. The second kappa shape index (κ2) is 5.80. The van der Waals surface area contributed by atoms with Crippen molar-refractivity contribution < 1.29 is 12.9 Å². The Morgan fingerprint density at radius 2 is 2.06 bits per heavy atom. The van der Waals surface area contributed by atoms with Gasteiger partial charge in [0.15, 0.2) is 0 Å². The summed E-state index contributed by atoms with van der Waals surface area (Å²) in [5, 5.41) is 0.576. The summed E-state index contributed by atoms with van der Waals surface area (Å²) in [7, 11) is 1.64. The van der Waals surface area contributed by atoms with Crippen LogP contribution < -0.4 is 0 Å². The molecule has 0 aliphatic rings. The van der Waals surface area contributed by atoms with E-state index >= 15 is 0 Å². The van der Waals surface area contributed by atoms with Gasteiger partial charge in [-0.25, -0.2) is 0 Å². The standard InChI is InChI=1S/C12H15BClF3N/c1-9(13(15,16)17)8-18(3)10(2)11-5-4-6-12(14)7-11/h4-7,10H,1,8H2,2-3H3/q-1. The van der Waals surface area contributed by atoms with E-state index in [0.717, 1.165) is 5.56 Å². The Bertz CT molecular complexity index is 434. The van der Waals surface area contributed by atoms with E-state index in [9.17, 15) is 12.9 Å². The van der Waals surface area contributed by atoms with E-state index in [0.29, 0.717) is 5.02 Å². The van der Waals surface area contributed by atoms with E-state index in [-0.39, 0.29) is 12.6 Å². The minimum absolute atomic E-state index is 0.154. The predicted octanol–water partition coefficient (Wildman–Crippen LogP) is 4.28. The van der Waals surface area contributed by atoms with Gasteiger partial charge in [-0.15, -0.1) is 12.1 Å². The van der Waals surface area contributed by atoms with Gasteiger partial charge in [-0.3, -0.25) is 4.90 Å². The van der Waals surface area contributed by atoms with E-state index in [1.54, 1.807) is 30.1 Å². The van der Waals surface area contributed by atoms with Crippen molar-refractivity contribution in [2.75, 3.05) is 13.6 Å². The fourth-order valence-corrected chi connectivity index (χ4v) is 1.78. The van der Waals surface area contributed by atoms with Crippen molar-refractivity contribution in [1.82, 2.24) is 4.90 Å². The Morgan fingerprint density at radius 3 is 2.56 bits per heavy atom. The number of nitrogens with zero attached hydrogens (tertiary/aromatic N) is 1. The van der Waals surface area contributed by atoms with Crippen LogP contribution in [-0.4, -0.2) is 25.5 Å². The van der Waals surface area contributed by atoms with Crippen molar-refractivity contribution in [3.8, 4) is 0 Å². The smallest absolute Gasteiger partial charge is 0.445 e. The van der Waals surface area contributed by atoms with Gasteiger partial charge in [-0.05, 0) is 38.2 Å². The van der Waals surface area contributed by atoms with Crippen molar-refractivity contribution >= 4 is 18.6 Å². The molecule has 0 saturated heterocycles. The van der Waals surface area contributed by atoms with Crippen molar-refractivity contribution in [2.24, 2.45) is 0 Å². The zero-order valence-electron chi connectivity index (χ0n) is 10.3. The van der Waals surface area contributed by atoms with Crippen molar-refractivity contribution in [3.05, 3.63) is 46.9 Å². The SMILES string of the molecule is C=C(CN(C)C(C)c1cccc(Cl)c1)[B-](F)(F)F. The molecule has 1 aromatic carbocycles. The topological polar surface area (TPSA) is 3.24 Å². The molecule has 0 heterocycles. The summed E-state index contributed by atoms with van der Waals surface area (Å²) in [6.45, 7) is -0.241. The number of halogens is 4. The first kappa shape index (κ1) is 15.1. The van der Waals surface area contributed by atoms with Crippen LogP contribution in [0.4, 0.5) is 12.9 Å². The Kier molecular flexibility index (Phi) is 4.88. The largest absolute Gasteiger partial charge is 0.506 e. The summed E-state index contributed by atoms with van der Waals surface area (Å²) in [6.07, 6.45) is 0. The molecule has 6 heteroatoms. The molecule has 0 aromatic heterocycles. The molecule has 0 bridgehead atoms. The normalized spacial score (nSPS) is 13.7. The van der Waals surface area contributed by atoms with Crippen LogP contribution in [0.3, 0.4) is 0 Å². The monoisotopic (exact) mass is 276 g/mol. The molecule has 0 fully saturated rings. The van der Waals surface area contributed by atoms with Crippen LogP contribution in [0, 0.1) is 0 Å². The first-order chi connectivity index (χ1) is 8.21. The lowest BCUT2D eigenvalue weighted by atomic mass is 9.80. The molecule has 100 valence electrons. The van der Waals surface area contributed by atoms with Gasteiger partial charge in [-0.1, -0.05) is 23.7 Å². The van der Waals surface area contributed by atoms with Crippen molar-refractivity contribution in [3.63, 3.8) is 0 Å². The minimum Gasteiger partial charge on any atom is -0.445 e. The van der Waals surface area contributed by atoms with E-state index in [2.05, 4.69) is 6.58 Å². The minimum atomic E-state index is -4.97. The van der Waals surface area contributed by atoms with Crippen molar-refractivity contribution in [1.29, 1.82) is 0 Å². The zero-order valence-corrected chi connectivity index (χ0v) is 11.1. The number of hydrogen-bond acceptors (Lipinski definition) is 1. The van der Waals surface area contributed by atoms with Gasteiger partial charge in [0.2, 0.25) is 0 Å². The second-order valence-electron chi connectivity index (χ2n) is 4.38. The Balaban J connectivity index is 2.73. The van der Waals surface area contributed by atoms with Crippen LogP contribution >= 0.6 is 11.6 Å². The summed E-state index contributed by atoms with van der Waals surface area (Å²) in [5.41, 5.74) is 0.193. The molecular formula is C12H15BClF3N-. The lowest BCUT2D eigenvalue weighted by Gasteiger charge is -2.29. The van der Waals surface area contributed by atoms with Crippen LogP contribution in [-0.2, 0) is 0 Å². The van der Waals surface area contributed by atoms with E-state index < -0.39 is 12.4 Å². The lowest BCUT2D eigenvalue weighted by molar-refractivity contribution is 0.282.